The quantitative estimate of drug-likeness (QED) is 0.177. The minimum Gasteiger partial charge on any atom is -0.309 e. The van der Waals surface area contributed by atoms with Gasteiger partial charge in [0.25, 0.3) is 0 Å². The highest BCUT2D eigenvalue weighted by atomic mass is 15.1. The predicted octanol–water partition coefficient (Wildman–Crippen LogP) is 17.5. The molecular weight excluding hydrogens is 925 g/mol. The molecule has 0 unspecified atom stereocenters. The zero-order valence-electron chi connectivity index (χ0n) is 44.4. The summed E-state index contributed by atoms with van der Waals surface area (Å²) in [6.45, 7) is 21.2. The van der Waals surface area contributed by atoms with Crippen LogP contribution in [0.1, 0.15) is 106 Å². The molecule has 4 aromatic heterocycles. The van der Waals surface area contributed by atoms with E-state index in [-0.39, 0.29) is 22.2 Å². The molecule has 3 aliphatic heterocycles. The molecule has 6 heteroatoms. The molecule has 9 aromatic carbocycles. The van der Waals surface area contributed by atoms with Crippen molar-refractivity contribution in [1.82, 2.24) is 28.7 Å². The molecule has 16 rings (SSSR count). The highest BCUT2D eigenvalue weighted by Gasteiger charge is 2.40. The van der Waals surface area contributed by atoms with Crippen molar-refractivity contribution >= 4 is 65.4 Å². The Hall–Kier alpha value is -8.61. The number of hydrogen-bond acceptors (Lipinski definition) is 3. The second-order valence-corrected chi connectivity index (χ2v) is 23.9. The summed E-state index contributed by atoms with van der Waals surface area (Å²) in [5.41, 5.74) is 23.7. The summed E-state index contributed by atoms with van der Waals surface area (Å²) in [7, 11) is 0. The monoisotopic (exact) mass is 980 g/mol. The Morgan fingerprint density at radius 2 is 0.763 bits per heavy atom. The Morgan fingerprint density at radius 1 is 0.355 bits per heavy atom. The normalized spacial score (nSPS) is 15.3. The Labute approximate surface area is 442 Å². The maximum absolute atomic E-state index is 5.68. The van der Waals surface area contributed by atoms with Crippen LogP contribution in [-0.4, -0.2) is 28.7 Å². The summed E-state index contributed by atoms with van der Waals surface area (Å²) >= 11 is 0. The number of aryl methyl sites for hydroxylation is 1. The van der Waals surface area contributed by atoms with Gasteiger partial charge in [0.15, 0.2) is 17.5 Å². The zero-order valence-corrected chi connectivity index (χ0v) is 44.4. The molecule has 0 fully saturated rings. The summed E-state index contributed by atoms with van der Waals surface area (Å²) < 4.78 is 7.55. The Morgan fingerprint density at radius 3 is 1.30 bits per heavy atom. The molecule has 0 spiro atoms. The molecule has 13 aromatic rings. The summed E-state index contributed by atoms with van der Waals surface area (Å²) in [6.07, 6.45) is 0. The van der Waals surface area contributed by atoms with Gasteiger partial charge in [-0.15, -0.1) is 0 Å². The first-order valence-electron chi connectivity index (χ1n) is 27.1. The molecule has 0 bridgehead atoms. The van der Waals surface area contributed by atoms with Crippen molar-refractivity contribution in [3.05, 3.63) is 214 Å². The number of para-hydroxylation sites is 6. The maximum atomic E-state index is 5.68. The van der Waals surface area contributed by atoms with E-state index in [0.717, 1.165) is 16.7 Å². The minimum atomic E-state index is -0.308. The fraction of sp³-hybridized carbons (Fsp3) is 0.186. The van der Waals surface area contributed by atoms with Crippen LogP contribution >= 0.6 is 0 Å². The van der Waals surface area contributed by atoms with E-state index < -0.39 is 0 Å². The third kappa shape index (κ3) is 5.43. The van der Waals surface area contributed by atoms with Crippen molar-refractivity contribution in [3.8, 4) is 51.2 Å². The first-order chi connectivity index (χ1) is 36.7. The lowest BCUT2D eigenvalue weighted by Gasteiger charge is -2.35. The van der Waals surface area contributed by atoms with Crippen LogP contribution in [0.4, 0.5) is 0 Å². The Balaban J connectivity index is 1.01. The van der Waals surface area contributed by atoms with Crippen molar-refractivity contribution in [3.63, 3.8) is 0 Å². The van der Waals surface area contributed by atoms with Crippen molar-refractivity contribution in [1.29, 1.82) is 0 Å². The van der Waals surface area contributed by atoms with Gasteiger partial charge in [0.2, 0.25) is 0 Å². The molecule has 0 saturated carbocycles. The number of aromatic nitrogens is 6. The van der Waals surface area contributed by atoms with Crippen LogP contribution in [0.25, 0.3) is 117 Å². The number of nitrogens with zero attached hydrogens (tertiary/aromatic N) is 6. The summed E-state index contributed by atoms with van der Waals surface area (Å²) in [6, 6.07) is 63.5. The molecule has 7 heterocycles. The fourth-order valence-electron chi connectivity index (χ4n) is 14.5. The van der Waals surface area contributed by atoms with Gasteiger partial charge in [0.1, 0.15) is 0 Å². The summed E-state index contributed by atoms with van der Waals surface area (Å²) in [4.78, 5) is 17.0. The van der Waals surface area contributed by atoms with Crippen molar-refractivity contribution in [2.24, 2.45) is 0 Å². The lowest BCUT2D eigenvalue weighted by Crippen LogP contribution is -2.27. The van der Waals surface area contributed by atoms with E-state index in [0.29, 0.717) is 17.5 Å². The lowest BCUT2D eigenvalue weighted by atomic mass is 9.74. The van der Waals surface area contributed by atoms with E-state index in [1.54, 1.807) is 0 Å². The first kappa shape index (κ1) is 43.8. The number of hydrogen-bond donors (Lipinski definition) is 0. The lowest BCUT2D eigenvalue weighted by molar-refractivity contribution is 0.628. The number of benzene rings is 9. The van der Waals surface area contributed by atoms with Crippen molar-refractivity contribution in [2.75, 3.05) is 0 Å². The van der Waals surface area contributed by atoms with Crippen molar-refractivity contribution < 1.29 is 0 Å². The zero-order chi connectivity index (χ0) is 51.5. The molecule has 0 N–H and O–H groups in total. The van der Waals surface area contributed by atoms with E-state index in [1.807, 2.05) is 0 Å². The van der Waals surface area contributed by atoms with Gasteiger partial charge >= 0.3 is 0 Å². The first-order valence-corrected chi connectivity index (χ1v) is 27.1. The van der Waals surface area contributed by atoms with Crippen LogP contribution in [0.15, 0.2) is 170 Å². The van der Waals surface area contributed by atoms with Crippen LogP contribution in [-0.2, 0) is 16.2 Å². The molecule has 0 saturated heterocycles. The highest BCUT2D eigenvalue weighted by Crippen LogP contribution is 2.53. The average Bonchev–Trinajstić information content (AvgIpc) is 4.23. The third-order valence-electron chi connectivity index (χ3n) is 18.3. The number of fused-ring (bicyclic) bond motifs is 15. The van der Waals surface area contributed by atoms with E-state index >= 15 is 0 Å². The topological polar surface area (TPSA) is 53.5 Å². The SMILES string of the molecule is Cc1cccc2c1-n1c3c(C(C)C)cc(-c4nc(-c5cc6c7c(c5)c5ccccc5n7-c5ccccc5C6(C)C)nc(-c5cc6c7c(c5)c5ccccc5n7-c5ccccc5C6(C)C)n4)cc3c3cccc(c31)C2(C)C. The smallest absolute Gasteiger partial charge is 0.164 e. The van der Waals surface area contributed by atoms with E-state index in [2.05, 4.69) is 246 Å². The molecule has 6 nitrogen and oxygen atoms in total. The standard InChI is InChI=1S/C70H56N6/c1-38(2)46-32-40(33-49-45-23-19-27-53-62(45)76(61(46)49)60-39(3)20-18-26-52(60)70(53,8)9)65-71-66(41-34-47-43-21-10-14-28-56(43)74-58-30-16-12-24-50(58)68(4,5)54(36-41)63(47)74)73-67(72-65)42-35-48-44-22-11-15-29-57(44)75-59-31-17-13-25-51(59)69(6,7)55(37-42)64(48)75/h10-38H,1-9H3. The van der Waals surface area contributed by atoms with Gasteiger partial charge in [0.05, 0.1) is 50.2 Å². The molecule has 0 atom stereocenters. The largest absolute Gasteiger partial charge is 0.309 e. The van der Waals surface area contributed by atoms with Crippen LogP contribution in [0.5, 0.6) is 0 Å². The maximum Gasteiger partial charge on any atom is 0.164 e. The second-order valence-electron chi connectivity index (χ2n) is 23.9. The van der Waals surface area contributed by atoms with E-state index in [9.17, 15) is 0 Å². The van der Waals surface area contributed by atoms with Crippen LogP contribution in [0.3, 0.4) is 0 Å². The molecule has 0 aliphatic carbocycles. The summed E-state index contributed by atoms with van der Waals surface area (Å²) in [5, 5.41) is 7.29. The van der Waals surface area contributed by atoms with E-state index in [1.165, 1.54) is 127 Å². The fourth-order valence-corrected chi connectivity index (χ4v) is 14.5. The highest BCUT2D eigenvalue weighted by molar-refractivity contribution is 6.16. The second kappa shape index (κ2) is 14.6. The Kier molecular flexibility index (Phi) is 8.41. The van der Waals surface area contributed by atoms with Crippen LogP contribution in [0, 0.1) is 6.92 Å². The predicted molar refractivity (Wildman–Crippen MR) is 314 cm³/mol. The van der Waals surface area contributed by atoms with Crippen LogP contribution in [0.2, 0.25) is 0 Å². The van der Waals surface area contributed by atoms with E-state index in [4.69, 9.17) is 15.0 Å². The molecule has 0 radical (unpaired) electrons. The van der Waals surface area contributed by atoms with Gasteiger partial charge in [-0.3, -0.25) is 0 Å². The molecule has 0 amide bonds. The van der Waals surface area contributed by atoms with Gasteiger partial charge in [-0.25, -0.2) is 15.0 Å². The third-order valence-corrected chi connectivity index (χ3v) is 18.3. The molecular formula is C70H56N6. The summed E-state index contributed by atoms with van der Waals surface area (Å²) in [5.74, 6) is 2.18. The molecule has 3 aliphatic rings. The molecule has 366 valence electrons. The van der Waals surface area contributed by atoms with Gasteiger partial charge in [-0.05, 0) is 118 Å². The van der Waals surface area contributed by atoms with Crippen molar-refractivity contribution in [2.45, 2.75) is 84.5 Å². The van der Waals surface area contributed by atoms with Crippen LogP contribution < -0.4 is 0 Å². The number of rotatable bonds is 4. The van der Waals surface area contributed by atoms with Gasteiger partial charge in [-0.1, -0.05) is 165 Å². The average molecular weight is 981 g/mol. The molecule has 76 heavy (non-hydrogen) atoms. The van der Waals surface area contributed by atoms with Gasteiger partial charge < -0.3 is 13.7 Å². The Bertz CT molecular complexity index is 4580. The van der Waals surface area contributed by atoms with Gasteiger partial charge in [0, 0.05) is 65.3 Å². The van der Waals surface area contributed by atoms with Gasteiger partial charge in [-0.2, -0.15) is 0 Å². The minimum absolute atomic E-state index is 0.184.